The Kier molecular flexibility index (Phi) is 6.06. The lowest BCUT2D eigenvalue weighted by Gasteiger charge is -2.42. The van der Waals surface area contributed by atoms with Gasteiger partial charge in [-0.25, -0.2) is 0 Å². The maximum atomic E-state index is 2.64. The first-order valence-electron chi connectivity index (χ1n) is 9.21. The van der Waals surface area contributed by atoms with E-state index < -0.39 is 0 Å². The molecule has 1 atom stereocenters. The second kappa shape index (κ2) is 8.46. The van der Waals surface area contributed by atoms with Crippen molar-refractivity contribution >= 4 is 0 Å². The lowest BCUT2D eigenvalue weighted by Crippen LogP contribution is -2.50. The van der Waals surface area contributed by atoms with E-state index in [1.165, 1.54) is 11.1 Å². The van der Waals surface area contributed by atoms with Gasteiger partial charge in [-0.1, -0.05) is 74.0 Å². The Labute approximate surface area is 147 Å². The van der Waals surface area contributed by atoms with Crippen molar-refractivity contribution in [3.05, 3.63) is 78.2 Å². The van der Waals surface area contributed by atoms with Gasteiger partial charge in [-0.2, -0.15) is 0 Å². The minimum Gasteiger partial charge on any atom is -0.298 e. The van der Waals surface area contributed by atoms with Gasteiger partial charge < -0.3 is 0 Å². The lowest BCUT2D eigenvalue weighted by atomic mass is 9.96. The summed E-state index contributed by atoms with van der Waals surface area (Å²) in [6, 6.07) is 22.8. The molecule has 0 spiro atoms. The number of nitrogens with zero attached hydrogens (tertiary/aromatic N) is 2. The van der Waals surface area contributed by atoms with Crippen LogP contribution in [-0.4, -0.2) is 42.0 Å². The minimum atomic E-state index is 0.361. The summed E-state index contributed by atoms with van der Waals surface area (Å²) in [5, 5.41) is 0. The number of hydrogen-bond donors (Lipinski definition) is 0. The predicted molar refractivity (Wildman–Crippen MR) is 102 cm³/mol. The number of hydrogen-bond acceptors (Lipinski definition) is 2. The monoisotopic (exact) mass is 321 g/mol. The molecule has 1 saturated heterocycles. The van der Waals surface area contributed by atoms with Gasteiger partial charge in [-0.05, 0) is 24.5 Å². The first-order valence-corrected chi connectivity index (χ1v) is 9.21. The third-order valence-corrected chi connectivity index (χ3v) is 5.10. The molecule has 24 heavy (non-hydrogen) atoms. The third-order valence-electron chi connectivity index (χ3n) is 5.10. The van der Waals surface area contributed by atoms with Gasteiger partial charge in [0.05, 0.1) is 6.04 Å². The van der Waals surface area contributed by atoms with Crippen LogP contribution >= 0.6 is 0 Å². The van der Waals surface area contributed by atoms with Gasteiger partial charge in [0.1, 0.15) is 0 Å². The van der Waals surface area contributed by atoms with Gasteiger partial charge >= 0.3 is 0 Å². The Morgan fingerprint density at radius 2 is 1.25 bits per heavy atom. The van der Waals surface area contributed by atoms with Crippen LogP contribution in [0.3, 0.4) is 0 Å². The minimum absolute atomic E-state index is 0.361. The fourth-order valence-corrected chi connectivity index (χ4v) is 3.78. The standard InChI is InChI=1S/C22H29N2/c1-3-10-19(2)23-15-17-24(18-16-23)22(20-11-6-4-7-12-20)21-13-8-5-9-14-21/h4-14,19,22H,3,15-18H2,1-2H3. The van der Waals surface area contributed by atoms with Crippen molar-refractivity contribution in [1.82, 2.24) is 9.80 Å². The van der Waals surface area contributed by atoms with Crippen LogP contribution < -0.4 is 0 Å². The highest BCUT2D eigenvalue weighted by Crippen LogP contribution is 2.29. The third kappa shape index (κ3) is 4.06. The molecule has 1 fully saturated rings. The van der Waals surface area contributed by atoms with E-state index >= 15 is 0 Å². The highest BCUT2D eigenvalue weighted by atomic mass is 15.3. The summed E-state index contributed by atoms with van der Waals surface area (Å²) in [5.41, 5.74) is 2.79. The topological polar surface area (TPSA) is 6.48 Å². The van der Waals surface area contributed by atoms with E-state index in [1.54, 1.807) is 0 Å². The van der Waals surface area contributed by atoms with Crippen LogP contribution in [0.2, 0.25) is 0 Å². The molecule has 2 heteroatoms. The van der Waals surface area contributed by atoms with Gasteiger partial charge in [0, 0.05) is 32.2 Å². The first-order chi connectivity index (χ1) is 11.8. The summed E-state index contributed by atoms with van der Waals surface area (Å²) >= 11 is 0. The Morgan fingerprint density at radius 1 is 0.792 bits per heavy atom. The molecule has 0 bridgehead atoms. The molecule has 0 N–H and O–H groups in total. The molecule has 0 aromatic heterocycles. The molecule has 3 rings (SSSR count). The summed E-state index contributed by atoms with van der Waals surface area (Å²) in [6.07, 6.45) is 3.57. The second-order valence-corrected chi connectivity index (χ2v) is 6.68. The van der Waals surface area contributed by atoms with Gasteiger partial charge in [0.25, 0.3) is 0 Å². The summed E-state index contributed by atoms with van der Waals surface area (Å²) in [4.78, 5) is 5.24. The maximum Gasteiger partial charge on any atom is 0.0602 e. The quantitative estimate of drug-likeness (QED) is 0.778. The summed E-state index contributed by atoms with van der Waals surface area (Å²) in [7, 11) is 0. The molecule has 1 aliphatic rings. The van der Waals surface area contributed by atoms with Crippen molar-refractivity contribution in [3.63, 3.8) is 0 Å². The van der Waals surface area contributed by atoms with E-state index in [0.29, 0.717) is 12.1 Å². The lowest BCUT2D eigenvalue weighted by molar-refractivity contribution is 0.0919. The summed E-state index contributed by atoms with van der Waals surface area (Å²) in [6.45, 7) is 9.09. The fourth-order valence-electron chi connectivity index (χ4n) is 3.78. The average Bonchev–Trinajstić information content (AvgIpc) is 2.64. The van der Waals surface area contributed by atoms with E-state index in [-0.39, 0.29) is 0 Å². The number of piperazine rings is 1. The van der Waals surface area contributed by atoms with E-state index in [9.17, 15) is 0 Å². The Bertz CT molecular complexity index is 548. The van der Waals surface area contributed by atoms with Gasteiger partial charge in [0.15, 0.2) is 0 Å². The average molecular weight is 321 g/mol. The maximum absolute atomic E-state index is 2.64. The predicted octanol–water partition coefficient (Wildman–Crippen LogP) is 4.40. The molecule has 0 saturated carbocycles. The van der Waals surface area contributed by atoms with Gasteiger partial charge in [-0.15, -0.1) is 0 Å². The van der Waals surface area contributed by atoms with Crippen LogP contribution in [0.1, 0.15) is 37.4 Å². The van der Waals surface area contributed by atoms with Crippen molar-refractivity contribution in [2.24, 2.45) is 0 Å². The number of benzene rings is 2. The second-order valence-electron chi connectivity index (χ2n) is 6.68. The molecule has 0 amide bonds. The molecular formula is C22H29N2. The van der Waals surface area contributed by atoms with Gasteiger partial charge in [-0.3, -0.25) is 9.80 Å². The van der Waals surface area contributed by atoms with Crippen LogP contribution in [0.15, 0.2) is 60.7 Å². The number of rotatable bonds is 6. The molecule has 1 heterocycles. The molecule has 2 nitrogen and oxygen atoms in total. The van der Waals surface area contributed by atoms with Crippen LogP contribution in [0.5, 0.6) is 0 Å². The molecule has 1 unspecified atom stereocenters. The largest absolute Gasteiger partial charge is 0.298 e. The van der Waals surface area contributed by atoms with Crippen molar-refractivity contribution in [2.45, 2.75) is 32.4 Å². The fraction of sp³-hybridized carbons (Fsp3) is 0.409. The van der Waals surface area contributed by atoms with Crippen LogP contribution in [-0.2, 0) is 0 Å². The smallest absolute Gasteiger partial charge is 0.0602 e. The van der Waals surface area contributed by atoms with E-state index in [1.807, 2.05) is 0 Å². The van der Waals surface area contributed by atoms with E-state index in [0.717, 1.165) is 32.6 Å². The first kappa shape index (κ1) is 17.2. The molecule has 0 aliphatic carbocycles. The Hall–Kier alpha value is -1.64. The Balaban J connectivity index is 1.76. The zero-order valence-corrected chi connectivity index (χ0v) is 14.9. The van der Waals surface area contributed by atoms with Crippen molar-refractivity contribution in [3.8, 4) is 0 Å². The van der Waals surface area contributed by atoms with E-state index in [4.69, 9.17) is 0 Å². The van der Waals surface area contributed by atoms with E-state index in [2.05, 4.69) is 90.7 Å². The molecule has 2 aromatic rings. The Morgan fingerprint density at radius 3 is 1.71 bits per heavy atom. The summed E-state index contributed by atoms with van der Waals surface area (Å²) < 4.78 is 0. The summed E-state index contributed by atoms with van der Waals surface area (Å²) in [5.74, 6) is 0. The molecule has 1 aliphatic heterocycles. The highest BCUT2D eigenvalue weighted by Gasteiger charge is 2.27. The van der Waals surface area contributed by atoms with Crippen molar-refractivity contribution in [2.75, 3.05) is 26.2 Å². The molecule has 127 valence electrons. The normalized spacial score (nSPS) is 18.0. The SMILES string of the molecule is CC[CH]C(C)N1CCN(C(c2ccccc2)c2ccccc2)CC1. The van der Waals surface area contributed by atoms with Crippen LogP contribution in [0.25, 0.3) is 0 Å². The molecule has 1 radical (unpaired) electrons. The van der Waals surface area contributed by atoms with Gasteiger partial charge in [0.2, 0.25) is 0 Å². The highest BCUT2D eigenvalue weighted by molar-refractivity contribution is 5.31. The van der Waals surface area contributed by atoms with Crippen LogP contribution in [0, 0.1) is 6.42 Å². The van der Waals surface area contributed by atoms with Crippen molar-refractivity contribution < 1.29 is 0 Å². The van der Waals surface area contributed by atoms with Crippen molar-refractivity contribution in [1.29, 1.82) is 0 Å². The zero-order valence-electron chi connectivity index (χ0n) is 14.9. The zero-order chi connectivity index (χ0) is 16.8. The molecule has 2 aromatic carbocycles. The van der Waals surface area contributed by atoms with Crippen LogP contribution in [0.4, 0.5) is 0 Å². The molecular weight excluding hydrogens is 292 g/mol.